The molecule has 3 aromatic rings. The van der Waals surface area contributed by atoms with Crippen LogP contribution < -0.4 is 5.32 Å². The van der Waals surface area contributed by atoms with Crippen molar-refractivity contribution >= 4 is 29.1 Å². The number of hydrogen-bond donors (Lipinski definition) is 2. The van der Waals surface area contributed by atoms with Crippen molar-refractivity contribution < 1.29 is 18.0 Å². The lowest BCUT2D eigenvalue weighted by atomic mass is 10.1. The highest BCUT2D eigenvalue weighted by Crippen LogP contribution is 2.38. The van der Waals surface area contributed by atoms with Crippen LogP contribution in [0.1, 0.15) is 33.7 Å². The molecule has 0 radical (unpaired) electrons. The van der Waals surface area contributed by atoms with E-state index < -0.39 is 22.7 Å². The van der Waals surface area contributed by atoms with E-state index in [0.29, 0.717) is 31.3 Å². The maximum absolute atomic E-state index is 13.2. The van der Waals surface area contributed by atoms with Crippen LogP contribution in [-0.4, -0.2) is 61.0 Å². The highest BCUT2D eigenvalue weighted by molar-refractivity contribution is 6.34. The minimum atomic E-state index is -4.62. The van der Waals surface area contributed by atoms with Crippen LogP contribution in [0.15, 0.2) is 36.7 Å². The summed E-state index contributed by atoms with van der Waals surface area (Å²) in [5.41, 5.74) is 0.575. The van der Waals surface area contributed by atoms with Gasteiger partial charge in [0.05, 0.1) is 28.0 Å². The molecule has 0 unspecified atom stereocenters. The van der Waals surface area contributed by atoms with E-state index in [0.717, 1.165) is 23.9 Å². The average Bonchev–Trinajstić information content (AvgIpc) is 3.49. The molecule has 4 heterocycles. The lowest BCUT2D eigenvalue weighted by Crippen LogP contribution is -2.48. The fourth-order valence-corrected chi connectivity index (χ4v) is 4.94. The number of anilines is 2. The third-order valence-corrected chi connectivity index (χ3v) is 6.57. The Hall–Kier alpha value is -3.18. The minimum absolute atomic E-state index is 0.0888. The fourth-order valence-electron chi connectivity index (χ4n) is 4.63. The molecule has 0 aliphatic carbocycles. The molecular weight excluding hydrogens is 471 g/mol. The highest BCUT2D eigenvalue weighted by Gasteiger charge is 2.46. The summed E-state index contributed by atoms with van der Waals surface area (Å²) in [6.07, 6.45) is -0.560. The van der Waals surface area contributed by atoms with Gasteiger partial charge in [-0.2, -0.15) is 18.3 Å². The Morgan fingerprint density at radius 2 is 2.06 bits per heavy atom. The van der Waals surface area contributed by atoms with Gasteiger partial charge in [-0.15, -0.1) is 0 Å². The number of likely N-dealkylation sites (tertiary alicyclic amines) is 2. The summed E-state index contributed by atoms with van der Waals surface area (Å²) < 4.78 is 39.6. The molecular formula is C22H21ClF3N7O. The van der Waals surface area contributed by atoms with Gasteiger partial charge < -0.3 is 10.2 Å². The molecule has 2 fully saturated rings. The van der Waals surface area contributed by atoms with Crippen molar-refractivity contribution in [2.24, 2.45) is 0 Å². The Kier molecular flexibility index (Phi) is 5.68. The van der Waals surface area contributed by atoms with Crippen LogP contribution in [0.4, 0.5) is 24.8 Å². The van der Waals surface area contributed by atoms with Crippen LogP contribution in [0.5, 0.6) is 0 Å². The van der Waals surface area contributed by atoms with Gasteiger partial charge in [0.25, 0.3) is 5.91 Å². The Morgan fingerprint density at radius 3 is 2.74 bits per heavy atom. The summed E-state index contributed by atoms with van der Waals surface area (Å²) in [5.74, 6) is 0.750. The van der Waals surface area contributed by atoms with Crippen LogP contribution in [0.3, 0.4) is 0 Å². The molecule has 0 spiro atoms. The van der Waals surface area contributed by atoms with Gasteiger partial charge in [0.2, 0.25) is 0 Å². The third kappa shape index (κ3) is 4.32. The van der Waals surface area contributed by atoms with Crippen LogP contribution >= 0.6 is 11.6 Å². The zero-order valence-corrected chi connectivity index (χ0v) is 18.9. The lowest BCUT2D eigenvalue weighted by molar-refractivity contribution is -0.137. The van der Waals surface area contributed by atoms with Crippen molar-refractivity contribution in [3.8, 4) is 0 Å². The average molecular weight is 492 g/mol. The second-order valence-electron chi connectivity index (χ2n) is 8.55. The van der Waals surface area contributed by atoms with Crippen molar-refractivity contribution in [1.29, 1.82) is 0 Å². The summed E-state index contributed by atoms with van der Waals surface area (Å²) >= 11 is 5.97. The van der Waals surface area contributed by atoms with Crippen LogP contribution in [0.2, 0.25) is 5.02 Å². The predicted molar refractivity (Wildman–Crippen MR) is 119 cm³/mol. The maximum atomic E-state index is 13.2. The molecule has 8 nitrogen and oxygen atoms in total. The van der Waals surface area contributed by atoms with Crippen molar-refractivity contribution in [3.05, 3.63) is 64.2 Å². The monoisotopic (exact) mass is 491 g/mol. The van der Waals surface area contributed by atoms with E-state index in [1.165, 1.54) is 12.1 Å². The van der Waals surface area contributed by atoms with Crippen LogP contribution in [0.25, 0.3) is 0 Å². The topological polar surface area (TPSA) is 90.0 Å². The molecule has 178 valence electrons. The van der Waals surface area contributed by atoms with Gasteiger partial charge >= 0.3 is 6.18 Å². The first-order valence-electron chi connectivity index (χ1n) is 10.7. The van der Waals surface area contributed by atoms with Gasteiger partial charge in [0.15, 0.2) is 5.82 Å². The number of nitrogens with one attached hydrogen (secondary N) is 2. The minimum Gasteiger partial charge on any atom is -0.333 e. The van der Waals surface area contributed by atoms with Crippen molar-refractivity contribution in [2.75, 3.05) is 18.4 Å². The summed E-state index contributed by atoms with van der Waals surface area (Å²) in [7, 11) is 0. The van der Waals surface area contributed by atoms with Gasteiger partial charge in [-0.3, -0.25) is 19.8 Å². The molecule has 1 aromatic carbocycles. The number of aromatic nitrogens is 4. The lowest BCUT2D eigenvalue weighted by Gasteiger charge is -2.34. The van der Waals surface area contributed by atoms with E-state index in [1.54, 1.807) is 17.3 Å². The molecule has 2 N–H and O–H groups in total. The number of carbonyl (C=O) groups is 1. The van der Waals surface area contributed by atoms with Gasteiger partial charge in [0.1, 0.15) is 5.82 Å². The normalized spacial score (nSPS) is 20.2. The molecule has 2 aromatic heterocycles. The first-order valence-corrected chi connectivity index (χ1v) is 11.1. The SMILES string of the molecule is Cc1cc(Nc2cncc(CN3C[C@@H]4C[C@H]3CN4C(=O)c3cccc(C(F)(F)F)c3Cl)n2)n[nH]1. The molecule has 2 saturated heterocycles. The maximum Gasteiger partial charge on any atom is 0.417 e. The van der Waals surface area contributed by atoms with E-state index in [2.05, 4.69) is 30.4 Å². The van der Waals surface area contributed by atoms with Crippen molar-refractivity contribution in [1.82, 2.24) is 30.0 Å². The predicted octanol–water partition coefficient (Wildman–Crippen LogP) is 4.02. The first-order chi connectivity index (χ1) is 16.2. The number of rotatable bonds is 5. The van der Waals surface area contributed by atoms with Gasteiger partial charge in [-0.1, -0.05) is 17.7 Å². The van der Waals surface area contributed by atoms with Gasteiger partial charge in [0, 0.05) is 49.7 Å². The molecule has 2 bridgehead atoms. The zero-order chi connectivity index (χ0) is 24.0. The molecule has 2 aliphatic heterocycles. The van der Waals surface area contributed by atoms with Crippen molar-refractivity contribution in [2.45, 2.75) is 38.1 Å². The van der Waals surface area contributed by atoms with Crippen molar-refractivity contribution in [3.63, 3.8) is 0 Å². The van der Waals surface area contributed by atoms with E-state index >= 15 is 0 Å². The smallest absolute Gasteiger partial charge is 0.333 e. The van der Waals surface area contributed by atoms with E-state index in [4.69, 9.17) is 11.6 Å². The van der Waals surface area contributed by atoms with Gasteiger partial charge in [-0.05, 0) is 25.5 Å². The Morgan fingerprint density at radius 1 is 1.24 bits per heavy atom. The Balaban J connectivity index is 1.25. The molecule has 1 amide bonds. The fraction of sp³-hybridized carbons (Fsp3) is 0.364. The summed E-state index contributed by atoms with van der Waals surface area (Å²) in [4.78, 5) is 25.7. The standard InChI is InChI=1S/C22H21ClF3N7O/c1-12-5-18(31-30-12)29-19-8-27-7-13(28-19)9-32-10-15-6-14(32)11-33(15)21(34)16-3-2-4-17(20(16)23)22(24,25)26/h2-5,7-8,14-15H,6,9-11H2,1H3,(H2,28,29,30,31)/t14-,15-/m0/s1. The van der Waals surface area contributed by atoms with Crippen LogP contribution in [-0.2, 0) is 12.7 Å². The van der Waals surface area contributed by atoms with E-state index in [-0.39, 0.29) is 17.6 Å². The Bertz CT molecular complexity index is 1230. The summed E-state index contributed by atoms with van der Waals surface area (Å²) in [6.45, 7) is 3.48. The molecule has 5 rings (SSSR count). The number of H-pyrrole nitrogens is 1. The number of benzene rings is 1. The number of fused-ring (bicyclic) bond motifs is 2. The van der Waals surface area contributed by atoms with E-state index in [1.807, 2.05) is 13.0 Å². The second kappa shape index (κ2) is 8.55. The van der Waals surface area contributed by atoms with Crippen LogP contribution in [0, 0.1) is 6.92 Å². The summed E-state index contributed by atoms with van der Waals surface area (Å²) in [6, 6.07) is 5.30. The number of piperazine rings is 1. The molecule has 2 aliphatic rings. The first kappa shape index (κ1) is 22.6. The van der Waals surface area contributed by atoms with Gasteiger partial charge in [-0.25, -0.2) is 4.98 Å². The molecule has 0 saturated carbocycles. The molecule has 34 heavy (non-hydrogen) atoms. The number of nitrogens with zero attached hydrogens (tertiary/aromatic N) is 5. The number of halogens is 4. The number of aryl methyl sites for hydroxylation is 1. The quantitative estimate of drug-likeness (QED) is 0.560. The molecule has 12 heteroatoms. The number of carbonyl (C=O) groups excluding carboxylic acids is 1. The second-order valence-corrected chi connectivity index (χ2v) is 8.93. The number of alkyl halides is 3. The van der Waals surface area contributed by atoms with E-state index in [9.17, 15) is 18.0 Å². The number of amides is 1. The number of hydrogen-bond acceptors (Lipinski definition) is 6. The number of aromatic amines is 1. The summed E-state index contributed by atoms with van der Waals surface area (Å²) in [5, 5.41) is 9.54. The largest absolute Gasteiger partial charge is 0.417 e. The zero-order valence-electron chi connectivity index (χ0n) is 18.1. The third-order valence-electron chi connectivity index (χ3n) is 6.16. The molecule has 2 atom stereocenters. The Labute approximate surface area is 198 Å². The highest BCUT2D eigenvalue weighted by atomic mass is 35.5.